The molecule has 1 aliphatic rings. The average molecular weight is 301 g/mol. The molecule has 0 saturated carbocycles. The summed E-state index contributed by atoms with van der Waals surface area (Å²) >= 11 is 6.00. The summed E-state index contributed by atoms with van der Waals surface area (Å²) in [5.41, 5.74) is 0.697. The number of amides is 2. The minimum absolute atomic E-state index is 0.0413. The van der Waals surface area contributed by atoms with E-state index in [4.69, 9.17) is 16.3 Å². The second-order valence-corrected chi connectivity index (χ2v) is 5.36. The highest BCUT2D eigenvalue weighted by Gasteiger charge is 2.25. The van der Waals surface area contributed by atoms with Crippen molar-refractivity contribution in [1.29, 1.82) is 0 Å². The lowest BCUT2D eigenvalue weighted by molar-refractivity contribution is 0.0185. The van der Waals surface area contributed by atoms with E-state index in [1.807, 2.05) is 13.8 Å². The van der Waals surface area contributed by atoms with Gasteiger partial charge < -0.3 is 15.0 Å². The molecular formula is C14H18ClFN2O2. The molecule has 0 radical (unpaired) electrons. The van der Waals surface area contributed by atoms with E-state index < -0.39 is 0 Å². The molecule has 6 heteroatoms. The third-order valence-corrected chi connectivity index (χ3v) is 3.72. The van der Waals surface area contributed by atoms with Crippen LogP contribution in [0, 0.1) is 5.82 Å². The number of ether oxygens (including phenoxy) is 1. The van der Waals surface area contributed by atoms with Gasteiger partial charge in [-0.3, -0.25) is 0 Å². The van der Waals surface area contributed by atoms with Gasteiger partial charge in [0.2, 0.25) is 0 Å². The maximum atomic E-state index is 13.0. The number of urea groups is 1. The number of benzene rings is 1. The first-order chi connectivity index (χ1) is 9.49. The first-order valence-electron chi connectivity index (χ1n) is 6.59. The van der Waals surface area contributed by atoms with E-state index in [1.54, 1.807) is 11.0 Å². The number of rotatable bonds is 2. The van der Waals surface area contributed by atoms with E-state index in [2.05, 4.69) is 5.32 Å². The molecule has 0 bridgehead atoms. The van der Waals surface area contributed by atoms with Crippen molar-refractivity contribution in [3.8, 4) is 0 Å². The molecule has 0 aliphatic carbocycles. The van der Waals surface area contributed by atoms with Gasteiger partial charge in [0.05, 0.1) is 25.3 Å². The van der Waals surface area contributed by atoms with E-state index >= 15 is 0 Å². The number of nitrogens with zero attached hydrogens (tertiary/aromatic N) is 1. The lowest BCUT2D eigenvalue weighted by atomic mass is 10.1. The average Bonchev–Trinajstić information content (AvgIpc) is 2.38. The monoisotopic (exact) mass is 300 g/mol. The zero-order valence-electron chi connectivity index (χ0n) is 11.5. The molecule has 4 nitrogen and oxygen atoms in total. The number of carbonyl (C=O) groups excluding carboxylic acids is 1. The summed E-state index contributed by atoms with van der Waals surface area (Å²) in [5.74, 6) is -0.390. The fourth-order valence-corrected chi connectivity index (χ4v) is 2.56. The molecule has 1 aliphatic heterocycles. The van der Waals surface area contributed by atoms with Gasteiger partial charge in [-0.1, -0.05) is 17.7 Å². The van der Waals surface area contributed by atoms with Crippen molar-refractivity contribution in [3.05, 3.63) is 34.6 Å². The summed E-state index contributed by atoms with van der Waals surface area (Å²) in [6, 6.07) is 3.77. The van der Waals surface area contributed by atoms with Crippen LogP contribution in [0.5, 0.6) is 0 Å². The molecule has 20 heavy (non-hydrogen) atoms. The molecule has 1 aromatic rings. The van der Waals surface area contributed by atoms with Gasteiger partial charge in [0.25, 0.3) is 0 Å². The van der Waals surface area contributed by atoms with Crippen LogP contribution < -0.4 is 5.32 Å². The van der Waals surface area contributed by atoms with Crippen LogP contribution in [0.3, 0.4) is 0 Å². The number of nitrogens with one attached hydrogen (secondary N) is 1. The smallest absolute Gasteiger partial charge is 0.318 e. The van der Waals surface area contributed by atoms with Crippen LogP contribution in [0.4, 0.5) is 9.18 Å². The highest BCUT2D eigenvalue weighted by molar-refractivity contribution is 6.31. The zero-order chi connectivity index (χ0) is 14.7. The molecule has 1 N–H and O–H groups in total. The Balaban J connectivity index is 2.03. The molecule has 1 fully saturated rings. The summed E-state index contributed by atoms with van der Waals surface area (Å²) in [4.78, 5) is 13.9. The van der Waals surface area contributed by atoms with Gasteiger partial charge >= 0.3 is 6.03 Å². The largest absolute Gasteiger partial charge is 0.377 e. The standard InChI is InChI=1S/C14H18ClFN2O2/c1-9-8-20-6-5-18(9)14(19)17-10(2)12-4-3-11(16)7-13(12)15/h3-4,7,9-10H,5-6,8H2,1-2H3,(H,17,19)/t9-,10-/m0/s1. The number of halogens is 2. The topological polar surface area (TPSA) is 41.6 Å². The van der Waals surface area contributed by atoms with Crippen LogP contribution >= 0.6 is 11.6 Å². The van der Waals surface area contributed by atoms with E-state index in [-0.39, 0.29) is 23.9 Å². The van der Waals surface area contributed by atoms with Gasteiger partial charge in [-0.15, -0.1) is 0 Å². The zero-order valence-corrected chi connectivity index (χ0v) is 12.3. The Morgan fingerprint density at radius 2 is 2.35 bits per heavy atom. The van der Waals surface area contributed by atoms with E-state index in [9.17, 15) is 9.18 Å². The van der Waals surface area contributed by atoms with E-state index in [0.29, 0.717) is 30.3 Å². The molecule has 1 aromatic carbocycles. The molecule has 0 aromatic heterocycles. The van der Waals surface area contributed by atoms with Crippen molar-refractivity contribution in [3.63, 3.8) is 0 Å². The van der Waals surface area contributed by atoms with Crippen molar-refractivity contribution in [2.45, 2.75) is 25.9 Å². The van der Waals surface area contributed by atoms with Crippen LogP contribution in [-0.4, -0.2) is 36.7 Å². The highest BCUT2D eigenvalue weighted by atomic mass is 35.5. The first kappa shape index (κ1) is 15.1. The molecule has 1 saturated heterocycles. The van der Waals surface area contributed by atoms with E-state index in [1.165, 1.54) is 12.1 Å². The Hall–Kier alpha value is -1.33. The van der Waals surface area contributed by atoms with Crippen molar-refractivity contribution in [2.75, 3.05) is 19.8 Å². The SMILES string of the molecule is C[C@H](NC(=O)N1CCOC[C@@H]1C)c1ccc(F)cc1Cl. The molecule has 2 amide bonds. The second kappa shape index (κ2) is 6.41. The summed E-state index contributed by atoms with van der Waals surface area (Å²) in [5, 5.41) is 3.19. The molecule has 2 atom stereocenters. The Bertz CT molecular complexity index is 498. The fourth-order valence-electron chi connectivity index (χ4n) is 2.23. The number of carbonyl (C=O) groups is 1. The molecule has 110 valence electrons. The third-order valence-electron chi connectivity index (χ3n) is 3.40. The minimum atomic E-state index is -0.390. The van der Waals surface area contributed by atoms with Gasteiger partial charge in [0, 0.05) is 11.6 Å². The summed E-state index contributed by atoms with van der Waals surface area (Å²) in [6.45, 7) is 5.41. The molecular weight excluding hydrogens is 283 g/mol. The fraction of sp³-hybridized carbons (Fsp3) is 0.500. The Kier molecular flexibility index (Phi) is 4.83. The van der Waals surface area contributed by atoms with Crippen LogP contribution in [-0.2, 0) is 4.74 Å². The van der Waals surface area contributed by atoms with Gasteiger partial charge in [0.15, 0.2) is 0 Å². The van der Waals surface area contributed by atoms with Gasteiger partial charge in [-0.25, -0.2) is 9.18 Å². The van der Waals surface area contributed by atoms with E-state index in [0.717, 1.165) is 0 Å². The maximum Gasteiger partial charge on any atom is 0.318 e. The van der Waals surface area contributed by atoms with Crippen LogP contribution in [0.15, 0.2) is 18.2 Å². The van der Waals surface area contributed by atoms with Crippen molar-refractivity contribution >= 4 is 17.6 Å². The number of hydrogen-bond donors (Lipinski definition) is 1. The summed E-state index contributed by atoms with van der Waals surface area (Å²) in [7, 11) is 0. The molecule has 0 unspecified atom stereocenters. The normalized spacial score (nSPS) is 20.6. The number of morpholine rings is 1. The van der Waals surface area contributed by atoms with Gasteiger partial charge in [-0.2, -0.15) is 0 Å². The van der Waals surface area contributed by atoms with Crippen LogP contribution in [0.25, 0.3) is 0 Å². The van der Waals surface area contributed by atoms with Gasteiger partial charge in [0.1, 0.15) is 5.82 Å². The molecule has 2 rings (SSSR count). The molecule has 1 heterocycles. The Morgan fingerprint density at radius 1 is 1.60 bits per heavy atom. The van der Waals surface area contributed by atoms with Crippen molar-refractivity contribution in [1.82, 2.24) is 10.2 Å². The van der Waals surface area contributed by atoms with Crippen LogP contribution in [0.2, 0.25) is 5.02 Å². The van der Waals surface area contributed by atoms with Gasteiger partial charge in [-0.05, 0) is 31.5 Å². The minimum Gasteiger partial charge on any atom is -0.377 e. The lowest BCUT2D eigenvalue weighted by Gasteiger charge is -2.34. The lowest BCUT2D eigenvalue weighted by Crippen LogP contribution is -2.51. The Labute approximate surface area is 122 Å². The predicted octanol–water partition coefficient (Wildman–Crippen LogP) is 2.97. The summed E-state index contributed by atoms with van der Waals surface area (Å²) < 4.78 is 18.3. The Morgan fingerprint density at radius 3 is 3.00 bits per heavy atom. The first-order valence-corrected chi connectivity index (χ1v) is 6.96. The predicted molar refractivity (Wildman–Crippen MR) is 75.3 cm³/mol. The van der Waals surface area contributed by atoms with Crippen LogP contribution in [0.1, 0.15) is 25.5 Å². The summed E-state index contributed by atoms with van der Waals surface area (Å²) in [6.07, 6.45) is 0. The number of hydrogen-bond acceptors (Lipinski definition) is 2. The van der Waals surface area contributed by atoms with Crippen molar-refractivity contribution in [2.24, 2.45) is 0 Å². The highest BCUT2D eigenvalue weighted by Crippen LogP contribution is 2.24. The second-order valence-electron chi connectivity index (χ2n) is 4.95. The quantitative estimate of drug-likeness (QED) is 0.912. The third kappa shape index (κ3) is 3.41. The molecule has 0 spiro atoms. The maximum absolute atomic E-state index is 13.0. The van der Waals surface area contributed by atoms with Crippen molar-refractivity contribution < 1.29 is 13.9 Å².